The molecule has 0 saturated carbocycles. The normalized spacial score (nSPS) is 10.5. The molecule has 5 nitrogen and oxygen atoms in total. The Morgan fingerprint density at radius 3 is 2.52 bits per heavy atom. The van der Waals surface area contributed by atoms with Crippen molar-refractivity contribution in [1.29, 1.82) is 0 Å². The second-order valence-electron chi connectivity index (χ2n) is 4.88. The molecule has 2 heterocycles. The number of aryl methyl sites for hydroxylation is 2. The van der Waals surface area contributed by atoms with Crippen LogP contribution >= 0.6 is 0 Å². The summed E-state index contributed by atoms with van der Waals surface area (Å²) in [6.45, 7) is 6.90. The molecule has 0 saturated heterocycles. The van der Waals surface area contributed by atoms with Crippen LogP contribution in [0.4, 0.5) is 11.6 Å². The van der Waals surface area contributed by atoms with Gasteiger partial charge in [0.05, 0.1) is 12.2 Å². The average molecular weight is 285 g/mol. The van der Waals surface area contributed by atoms with Crippen molar-refractivity contribution < 1.29 is 0 Å². The highest BCUT2D eigenvalue weighted by molar-refractivity contribution is 5.57. The van der Waals surface area contributed by atoms with Crippen LogP contribution in [0.1, 0.15) is 36.5 Å². The van der Waals surface area contributed by atoms with Crippen LogP contribution in [0.3, 0.4) is 0 Å². The quantitative estimate of drug-likeness (QED) is 0.854. The fourth-order valence-corrected chi connectivity index (χ4v) is 2.26. The largest absolute Gasteiger partial charge is 0.373 e. The Balaban J connectivity index is 2.23. The molecule has 0 aliphatic heterocycles. The molecule has 2 N–H and O–H groups in total. The van der Waals surface area contributed by atoms with Gasteiger partial charge in [0.1, 0.15) is 17.5 Å². The molecule has 0 unspecified atom stereocenters. The Morgan fingerprint density at radius 1 is 1.10 bits per heavy atom. The first-order valence-electron chi connectivity index (χ1n) is 7.41. The number of aromatic nitrogens is 3. The van der Waals surface area contributed by atoms with E-state index in [2.05, 4.69) is 45.5 Å². The maximum Gasteiger partial charge on any atom is 0.135 e. The molecule has 0 radical (unpaired) electrons. The Morgan fingerprint density at radius 2 is 1.86 bits per heavy atom. The van der Waals surface area contributed by atoms with E-state index in [0.29, 0.717) is 6.54 Å². The van der Waals surface area contributed by atoms with E-state index >= 15 is 0 Å². The van der Waals surface area contributed by atoms with Crippen molar-refractivity contribution in [3.05, 3.63) is 41.0 Å². The molecule has 0 amide bonds. The van der Waals surface area contributed by atoms with Gasteiger partial charge >= 0.3 is 0 Å². The van der Waals surface area contributed by atoms with Crippen LogP contribution in [0, 0.1) is 6.92 Å². The van der Waals surface area contributed by atoms with Gasteiger partial charge < -0.3 is 10.6 Å². The number of nitrogens with one attached hydrogen (secondary N) is 2. The van der Waals surface area contributed by atoms with Crippen LogP contribution in [-0.4, -0.2) is 22.0 Å². The maximum absolute atomic E-state index is 4.58. The summed E-state index contributed by atoms with van der Waals surface area (Å²) in [6.07, 6.45) is 3.63. The number of hydrogen-bond acceptors (Lipinski definition) is 5. The lowest BCUT2D eigenvalue weighted by molar-refractivity contribution is 0.911. The first-order valence-corrected chi connectivity index (χ1v) is 7.41. The highest BCUT2D eigenvalue weighted by Crippen LogP contribution is 2.20. The number of nitrogens with zero attached hydrogens (tertiary/aromatic N) is 3. The number of anilines is 2. The van der Waals surface area contributed by atoms with Gasteiger partial charge in [0, 0.05) is 25.2 Å². The minimum atomic E-state index is 0.675. The predicted molar refractivity (Wildman–Crippen MR) is 86.6 cm³/mol. The topological polar surface area (TPSA) is 62.7 Å². The van der Waals surface area contributed by atoms with Crippen molar-refractivity contribution in [3.8, 4) is 0 Å². The number of pyridine rings is 1. The lowest BCUT2D eigenvalue weighted by Gasteiger charge is -2.14. The molecular formula is C16H23N5. The summed E-state index contributed by atoms with van der Waals surface area (Å²) in [6, 6.07) is 4.10. The second-order valence-corrected chi connectivity index (χ2v) is 4.88. The van der Waals surface area contributed by atoms with Crippen LogP contribution in [0.15, 0.2) is 18.3 Å². The molecular weight excluding hydrogens is 262 g/mol. The summed E-state index contributed by atoms with van der Waals surface area (Å²) in [5.41, 5.74) is 3.37. The van der Waals surface area contributed by atoms with Gasteiger partial charge in [-0.25, -0.2) is 9.97 Å². The Labute approximate surface area is 126 Å². The first-order chi connectivity index (χ1) is 10.2. The van der Waals surface area contributed by atoms with E-state index in [1.54, 1.807) is 0 Å². The molecule has 112 valence electrons. The highest BCUT2D eigenvalue weighted by Gasteiger charge is 2.10. The Hall–Kier alpha value is -2.17. The summed E-state index contributed by atoms with van der Waals surface area (Å²) in [5, 5.41) is 6.52. The highest BCUT2D eigenvalue weighted by atomic mass is 15.1. The molecule has 0 aliphatic rings. The van der Waals surface area contributed by atoms with E-state index in [9.17, 15) is 0 Å². The summed E-state index contributed by atoms with van der Waals surface area (Å²) < 4.78 is 0. The van der Waals surface area contributed by atoms with Crippen molar-refractivity contribution in [2.45, 2.75) is 40.2 Å². The molecule has 0 bridgehead atoms. The molecule has 2 aromatic heterocycles. The van der Waals surface area contributed by atoms with Crippen LogP contribution in [0.25, 0.3) is 0 Å². The van der Waals surface area contributed by atoms with Crippen LogP contribution in [-0.2, 0) is 19.4 Å². The number of hydrogen-bond donors (Lipinski definition) is 2. The lowest BCUT2D eigenvalue weighted by Crippen LogP contribution is -2.11. The predicted octanol–water partition coefficient (Wildman–Crippen LogP) is 2.96. The fraction of sp³-hybridized carbons (Fsp3) is 0.438. The van der Waals surface area contributed by atoms with E-state index in [1.165, 1.54) is 5.56 Å². The Bertz CT molecular complexity index is 610. The fourth-order valence-electron chi connectivity index (χ4n) is 2.26. The molecule has 0 fully saturated rings. The van der Waals surface area contributed by atoms with Crippen molar-refractivity contribution in [3.63, 3.8) is 0 Å². The van der Waals surface area contributed by atoms with E-state index in [0.717, 1.165) is 41.6 Å². The number of rotatable bonds is 6. The average Bonchev–Trinajstić information content (AvgIpc) is 2.54. The van der Waals surface area contributed by atoms with E-state index < -0.39 is 0 Å². The van der Waals surface area contributed by atoms with Crippen LogP contribution in [0.2, 0.25) is 0 Å². The van der Waals surface area contributed by atoms with Gasteiger partial charge in [-0.3, -0.25) is 4.98 Å². The summed E-state index contributed by atoms with van der Waals surface area (Å²) in [4.78, 5) is 13.5. The summed E-state index contributed by atoms with van der Waals surface area (Å²) >= 11 is 0. The molecule has 0 aromatic carbocycles. The van der Waals surface area contributed by atoms with Crippen molar-refractivity contribution in [2.75, 3.05) is 17.7 Å². The standard InChI is InChI=1S/C16H23N5/c1-5-12-8-7-9-18-13(12)10-19-16-11(3)15(17-4)20-14(6-2)21-16/h7-9H,5-6,10H2,1-4H3,(H2,17,19,20,21). The van der Waals surface area contributed by atoms with Gasteiger partial charge in [0.15, 0.2) is 0 Å². The van der Waals surface area contributed by atoms with Crippen molar-refractivity contribution in [2.24, 2.45) is 0 Å². The Kier molecular flexibility index (Phi) is 5.09. The zero-order valence-corrected chi connectivity index (χ0v) is 13.2. The molecule has 0 spiro atoms. The zero-order chi connectivity index (χ0) is 15.2. The van der Waals surface area contributed by atoms with Gasteiger partial charge in [-0.15, -0.1) is 0 Å². The van der Waals surface area contributed by atoms with E-state index in [1.807, 2.05) is 26.2 Å². The molecule has 21 heavy (non-hydrogen) atoms. The van der Waals surface area contributed by atoms with E-state index in [4.69, 9.17) is 0 Å². The molecule has 0 atom stereocenters. The van der Waals surface area contributed by atoms with E-state index in [-0.39, 0.29) is 0 Å². The first kappa shape index (κ1) is 15.2. The molecule has 0 aliphatic carbocycles. The van der Waals surface area contributed by atoms with Gasteiger partial charge in [-0.2, -0.15) is 0 Å². The third-order valence-corrected chi connectivity index (χ3v) is 3.53. The van der Waals surface area contributed by atoms with Crippen molar-refractivity contribution in [1.82, 2.24) is 15.0 Å². The van der Waals surface area contributed by atoms with Crippen LogP contribution < -0.4 is 10.6 Å². The van der Waals surface area contributed by atoms with Gasteiger partial charge in [0.2, 0.25) is 0 Å². The minimum Gasteiger partial charge on any atom is -0.373 e. The smallest absolute Gasteiger partial charge is 0.135 e. The molecule has 5 heteroatoms. The monoisotopic (exact) mass is 285 g/mol. The SMILES string of the molecule is CCc1nc(NC)c(C)c(NCc2ncccc2CC)n1. The molecule has 2 rings (SSSR count). The maximum atomic E-state index is 4.58. The van der Waals surface area contributed by atoms with Gasteiger partial charge in [-0.05, 0) is 25.0 Å². The summed E-state index contributed by atoms with van der Waals surface area (Å²) in [5.74, 6) is 2.59. The van der Waals surface area contributed by atoms with Gasteiger partial charge in [0.25, 0.3) is 0 Å². The van der Waals surface area contributed by atoms with Crippen LogP contribution in [0.5, 0.6) is 0 Å². The lowest BCUT2D eigenvalue weighted by atomic mass is 10.1. The third-order valence-electron chi connectivity index (χ3n) is 3.53. The second kappa shape index (κ2) is 7.02. The third kappa shape index (κ3) is 3.48. The minimum absolute atomic E-state index is 0.675. The van der Waals surface area contributed by atoms with Gasteiger partial charge in [-0.1, -0.05) is 19.9 Å². The zero-order valence-electron chi connectivity index (χ0n) is 13.2. The molecule has 2 aromatic rings. The summed E-state index contributed by atoms with van der Waals surface area (Å²) in [7, 11) is 1.88. The van der Waals surface area contributed by atoms with Crippen molar-refractivity contribution >= 4 is 11.6 Å².